The Labute approximate surface area is 151 Å². The predicted octanol–water partition coefficient (Wildman–Crippen LogP) is 4.12. The van der Waals surface area contributed by atoms with Crippen LogP contribution in [0.4, 0.5) is 0 Å². The van der Waals surface area contributed by atoms with Crippen LogP contribution < -0.4 is 10.1 Å². The van der Waals surface area contributed by atoms with Crippen LogP contribution in [0.15, 0.2) is 47.8 Å². The lowest BCUT2D eigenvalue weighted by Gasteiger charge is -2.09. The summed E-state index contributed by atoms with van der Waals surface area (Å²) >= 11 is 1.64. The lowest BCUT2D eigenvalue weighted by molar-refractivity contribution is -0.121. The van der Waals surface area contributed by atoms with E-state index in [-0.39, 0.29) is 5.91 Å². The third-order valence-electron chi connectivity index (χ3n) is 3.93. The van der Waals surface area contributed by atoms with Crippen LogP contribution in [-0.4, -0.2) is 24.0 Å². The van der Waals surface area contributed by atoms with Crippen LogP contribution in [-0.2, 0) is 11.2 Å². The van der Waals surface area contributed by atoms with Crippen molar-refractivity contribution in [2.45, 2.75) is 26.2 Å². The highest BCUT2D eigenvalue weighted by Crippen LogP contribution is 2.25. The summed E-state index contributed by atoms with van der Waals surface area (Å²) in [5, 5.41) is 8.31. The molecule has 4 nitrogen and oxygen atoms in total. The molecule has 0 aliphatic carbocycles. The van der Waals surface area contributed by atoms with Crippen molar-refractivity contribution in [1.82, 2.24) is 10.3 Å². The van der Waals surface area contributed by atoms with Crippen molar-refractivity contribution in [3.63, 3.8) is 0 Å². The van der Waals surface area contributed by atoms with E-state index >= 15 is 0 Å². The number of amides is 1. The van der Waals surface area contributed by atoms with E-state index in [1.807, 2.05) is 36.6 Å². The largest absolute Gasteiger partial charge is 0.493 e. The maximum Gasteiger partial charge on any atom is 0.220 e. The highest BCUT2D eigenvalue weighted by molar-refractivity contribution is 7.09. The first kappa shape index (κ1) is 17.4. The zero-order valence-corrected chi connectivity index (χ0v) is 15.1. The summed E-state index contributed by atoms with van der Waals surface area (Å²) in [6.07, 6.45) is 1.95. The van der Waals surface area contributed by atoms with E-state index in [1.54, 1.807) is 11.3 Å². The van der Waals surface area contributed by atoms with E-state index < -0.39 is 0 Å². The molecule has 25 heavy (non-hydrogen) atoms. The second-order valence-corrected chi connectivity index (χ2v) is 6.95. The fourth-order valence-electron chi connectivity index (χ4n) is 2.68. The second-order valence-electron chi connectivity index (χ2n) is 5.89. The van der Waals surface area contributed by atoms with E-state index in [4.69, 9.17) is 4.74 Å². The number of nitrogens with one attached hydrogen (secondary N) is 1. The van der Waals surface area contributed by atoms with Crippen molar-refractivity contribution in [2.24, 2.45) is 0 Å². The van der Waals surface area contributed by atoms with E-state index in [2.05, 4.69) is 28.5 Å². The number of thiazole rings is 1. The van der Waals surface area contributed by atoms with Gasteiger partial charge in [0.05, 0.1) is 17.3 Å². The van der Waals surface area contributed by atoms with Gasteiger partial charge in [0.1, 0.15) is 5.75 Å². The Morgan fingerprint density at radius 2 is 2.04 bits per heavy atom. The fraction of sp³-hybridized carbons (Fsp3) is 0.300. The molecule has 0 saturated heterocycles. The van der Waals surface area contributed by atoms with E-state index in [1.165, 1.54) is 0 Å². The van der Waals surface area contributed by atoms with Gasteiger partial charge in [0.15, 0.2) is 0 Å². The molecule has 1 aromatic heterocycles. The Morgan fingerprint density at radius 3 is 2.88 bits per heavy atom. The number of hydrogen-bond acceptors (Lipinski definition) is 4. The SMILES string of the molecule is Cc1nc(CCNC(=O)CCCOc2cccc3ccccc23)cs1. The number of carbonyl (C=O) groups is 1. The van der Waals surface area contributed by atoms with Gasteiger partial charge in [-0.3, -0.25) is 4.79 Å². The molecule has 0 aliphatic rings. The van der Waals surface area contributed by atoms with Crippen LogP contribution >= 0.6 is 11.3 Å². The Morgan fingerprint density at radius 1 is 1.20 bits per heavy atom. The number of fused-ring (bicyclic) bond motifs is 1. The van der Waals surface area contributed by atoms with Crippen LogP contribution in [0.1, 0.15) is 23.5 Å². The van der Waals surface area contributed by atoms with Gasteiger partial charge in [-0.15, -0.1) is 11.3 Å². The van der Waals surface area contributed by atoms with Crippen LogP contribution in [0.25, 0.3) is 10.8 Å². The number of aromatic nitrogens is 1. The Hall–Kier alpha value is -2.40. The normalized spacial score (nSPS) is 10.8. The van der Waals surface area contributed by atoms with Crippen molar-refractivity contribution in [1.29, 1.82) is 0 Å². The number of rotatable bonds is 8. The minimum atomic E-state index is 0.0634. The molecule has 3 rings (SSSR count). The van der Waals surface area contributed by atoms with Gasteiger partial charge in [0, 0.05) is 30.2 Å². The molecule has 0 unspecified atom stereocenters. The summed E-state index contributed by atoms with van der Waals surface area (Å²) in [4.78, 5) is 16.3. The summed E-state index contributed by atoms with van der Waals surface area (Å²) in [5.74, 6) is 0.936. The molecular weight excluding hydrogens is 332 g/mol. The average Bonchev–Trinajstić information content (AvgIpc) is 3.04. The quantitative estimate of drug-likeness (QED) is 0.619. The molecule has 1 heterocycles. The average molecular weight is 354 g/mol. The van der Waals surface area contributed by atoms with Crippen LogP contribution in [0.2, 0.25) is 0 Å². The standard InChI is InChI=1S/C20H22N2O2S/c1-15-22-17(14-25-15)11-12-21-20(23)10-5-13-24-19-9-4-7-16-6-2-3-8-18(16)19/h2-4,6-9,14H,5,10-13H2,1H3,(H,21,23). The molecule has 5 heteroatoms. The minimum absolute atomic E-state index is 0.0634. The van der Waals surface area contributed by atoms with Gasteiger partial charge in [-0.05, 0) is 24.8 Å². The molecule has 0 aliphatic heterocycles. The topological polar surface area (TPSA) is 51.2 Å². The van der Waals surface area contributed by atoms with Gasteiger partial charge in [-0.1, -0.05) is 36.4 Å². The van der Waals surface area contributed by atoms with Gasteiger partial charge in [-0.2, -0.15) is 0 Å². The van der Waals surface area contributed by atoms with Crippen molar-refractivity contribution in [3.05, 3.63) is 58.5 Å². The van der Waals surface area contributed by atoms with E-state index in [0.29, 0.717) is 26.0 Å². The zero-order valence-electron chi connectivity index (χ0n) is 14.3. The van der Waals surface area contributed by atoms with Gasteiger partial charge in [-0.25, -0.2) is 4.98 Å². The number of aryl methyl sites for hydroxylation is 1. The molecule has 0 spiro atoms. The highest BCUT2D eigenvalue weighted by atomic mass is 32.1. The third-order valence-corrected chi connectivity index (χ3v) is 4.75. The lowest BCUT2D eigenvalue weighted by atomic mass is 10.1. The highest BCUT2D eigenvalue weighted by Gasteiger charge is 2.04. The molecule has 1 N–H and O–H groups in total. The summed E-state index contributed by atoms with van der Waals surface area (Å²) in [6.45, 7) is 3.15. The minimum Gasteiger partial charge on any atom is -0.493 e. The van der Waals surface area contributed by atoms with Crippen LogP contribution in [0.5, 0.6) is 5.75 Å². The molecule has 0 fully saturated rings. The summed E-state index contributed by atoms with van der Waals surface area (Å²) < 4.78 is 5.86. The van der Waals surface area contributed by atoms with Gasteiger partial charge in [0.25, 0.3) is 0 Å². The number of nitrogens with zero attached hydrogens (tertiary/aromatic N) is 1. The molecule has 130 valence electrons. The van der Waals surface area contributed by atoms with Gasteiger partial charge in [0.2, 0.25) is 5.91 Å². The summed E-state index contributed by atoms with van der Waals surface area (Å²) in [7, 11) is 0. The Bertz CT molecular complexity index is 839. The first-order valence-corrected chi connectivity index (χ1v) is 9.38. The maximum atomic E-state index is 11.9. The number of benzene rings is 2. The first-order chi connectivity index (χ1) is 12.2. The molecule has 0 radical (unpaired) electrons. The zero-order chi connectivity index (χ0) is 17.5. The molecule has 0 saturated carbocycles. The van der Waals surface area contributed by atoms with Crippen LogP contribution in [0.3, 0.4) is 0 Å². The van der Waals surface area contributed by atoms with Crippen molar-refractivity contribution in [2.75, 3.05) is 13.2 Å². The van der Waals surface area contributed by atoms with Crippen LogP contribution in [0, 0.1) is 6.92 Å². The smallest absolute Gasteiger partial charge is 0.220 e. The molecule has 0 bridgehead atoms. The van der Waals surface area contributed by atoms with E-state index in [9.17, 15) is 4.79 Å². The van der Waals surface area contributed by atoms with Gasteiger partial charge >= 0.3 is 0 Å². The number of ether oxygens (including phenoxy) is 1. The fourth-order valence-corrected chi connectivity index (χ4v) is 3.32. The lowest BCUT2D eigenvalue weighted by Crippen LogP contribution is -2.25. The third kappa shape index (κ3) is 5.03. The monoisotopic (exact) mass is 354 g/mol. The van der Waals surface area contributed by atoms with Crippen molar-refractivity contribution < 1.29 is 9.53 Å². The second kappa shape index (κ2) is 8.62. The summed E-state index contributed by atoms with van der Waals surface area (Å²) in [5.41, 5.74) is 1.04. The molecule has 3 aromatic rings. The molecule has 0 atom stereocenters. The maximum absolute atomic E-state index is 11.9. The van der Waals surface area contributed by atoms with Crippen molar-refractivity contribution in [3.8, 4) is 5.75 Å². The van der Waals surface area contributed by atoms with E-state index in [0.717, 1.165) is 33.6 Å². The molecule has 1 amide bonds. The summed E-state index contributed by atoms with van der Waals surface area (Å²) in [6, 6.07) is 14.2. The van der Waals surface area contributed by atoms with Crippen molar-refractivity contribution >= 4 is 28.0 Å². The Balaban J connectivity index is 1.37. The molecular formula is C20H22N2O2S. The number of hydrogen-bond donors (Lipinski definition) is 1. The predicted molar refractivity (Wildman–Crippen MR) is 102 cm³/mol. The number of carbonyl (C=O) groups excluding carboxylic acids is 1. The first-order valence-electron chi connectivity index (χ1n) is 8.50. The van der Waals surface area contributed by atoms with Gasteiger partial charge < -0.3 is 10.1 Å². The Kier molecular flexibility index (Phi) is 6.01. The molecule has 2 aromatic carbocycles.